The molecule has 7 atom stereocenters. The highest BCUT2D eigenvalue weighted by Gasteiger charge is 2.38. The zero-order chi connectivity index (χ0) is 38.5. The Hall–Kier alpha value is -4.04. The summed E-state index contributed by atoms with van der Waals surface area (Å²) in [4.78, 5) is 72.2. The summed E-state index contributed by atoms with van der Waals surface area (Å²) in [6.07, 6.45) is 1.17. The quantitative estimate of drug-likeness (QED) is 0.152. The van der Waals surface area contributed by atoms with Crippen LogP contribution in [0.15, 0.2) is 35.7 Å². The molecule has 1 aromatic heterocycles. The number of piperidine rings is 1. The Labute approximate surface area is 311 Å². The van der Waals surface area contributed by atoms with Gasteiger partial charge in [-0.1, -0.05) is 71.4 Å². The molecule has 52 heavy (non-hydrogen) atoms. The number of likely N-dealkylation sites (N-methyl/N-ethyl adjacent to an activating group) is 1. The van der Waals surface area contributed by atoms with Crippen LogP contribution in [0.25, 0.3) is 0 Å². The maximum atomic E-state index is 14.0. The number of esters is 1. The van der Waals surface area contributed by atoms with E-state index in [1.165, 1.54) is 0 Å². The van der Waals surface area contributed by atoms with Crippen LogP contribution >= 0.6 is 11.3 Å². The summed E-state index contributed by atoms with van der Waals surface area (Å²) in [7, 11) is 1.65. The molecule has 1 aliphatic rings. The van der Waals surface area contributed by atoms with Crippen molar-refractivity contribution in [1.82, 2.24) is 25.4 Å². The van der Waals surface area contributed by atoms with Crippen molar-refractivity contribution in [1.29, 1.82) is 0 Å². The minimum atomic E-state index is -1.16. The number of hydrogen-bond acceptors (Lipinski definition) is 9. The van der Waals surface area contributed by atoms with Gasteiger partial charge in [-0.05, 0) is 56.4 Å². The number of rotatable bonds is 18. The van der Waals surface area contributed by atoms with Crippen LogP contribution in [0.4, 0.5) is 4.79 Å². The molecule has 2 heterocycles. The SMILES string of the molecule is CCOC(=O)C(C)CC(Cc1ccccc1)NC(=O)c1csc(C(O)CC(C(C)C)N(C)C(=O)C(NC(=O)[C@H]2CCCCN2C(=O)O)C(C)CC)n1. The van der Waals surface area contributed by atoms with Gasteiger partial charge in [0.1, 0.15) is 28.9 Å². The number of aliphatic hydroxyl groups excluding tert-OH is 1. The Morgan fingerprint density at radius 1 is 1.04 bits per heavy atom. The Balaban J connectivity index is 1.72. The smallest absolute Gasteiger partial charge is 0.407 e. The number of hydrogen-bond donors (Lipinski definition) is 4. The zero-order valence-electron chi connectivity index (χ0n) is 31.5. The van der Waals surface area contributed by atoms with E-state index in [0.717, 1.165) is 28.2 Å². The summed E-state index contributed by atoms with van der Waals surface area (Å²) in [5.41, 5.74) is 1.15. The molecule has 3 rings (SSSR count). The van der Waals surface area contributed by atoms with Crippen LogP contribution in [0.5, 0.6) is 0 Å². The fraction of sp³-hybridized carbons (Fsp3) is 0.632. The Bertz CT molecular complexity index is 1490. The number of likely N-dealkylation sites (tertiary alicyclic amines) is 1. The van der Waals surface area contributed by atoms with Crippen molar-refractivity contribution in [2.24, 2.45) is 17.8 Å². The van der Waals surface area contributed by atoms with Crippen molar-refractivity contribution in [2.45, 2.75) is 117 Å². The average molecular weight is 744 g/mol. The monoisotopic (exact) mass is 743 g/mol. The third-order valence-corrected chi connectivity index (χ3v) is 10.9. The Kier molecular flexibility index (Phi) is 16.5. The molecule has 1 saturated heterocycles. The van der Waals surface area contributed by atoms with E-state index >= 15 is 0 Å². The van der Waals surface area contributed by atoms with E-state index in [1.807, 2.05) is 58.0 Å². The first-order valence-electron chi connectivity index (χ1n) is 18.4. The molecule has 1 fully saturated rings. The summed E-state index contributed by atoms with van der Waals surface area (Å²) in [5, 5.41) is 28.8. The van der Waals surface area contributed by atoms with Crippen molar-refractivity contribution in [3.63, 3.8) is 0 Å². The minimum Gasteiger partial charge on any atom is -0.466 e. The largest absolute Gasteiger partial charge is 0.466 e. The molecule has 4 amide bonds. The minimum absolute atomic E-state index is 0.0828. The second-order valence-electron chi connectivity index (χ2n) is 14.2. The number of thiazole rings is 1. The lowest BCUT2D eigenvalue weighted by molar-refractivity contribution is -0.147. The third kappa shape index (κ3) is 11.7. The van der Waals surface area contributed by atoms with Crippen LogP contribution in [0.1, 0.15) is 107 Å². The van der Waals surface area contributed by atoms with Gasteiger partial charge in [-0.3, -0.25) is 24.1 Å². The first-order chi connectivity index (χ1) is 24.7. The summed E-state index contributed by atoms with van der Waals surface area (Å²) in [5.74, 6) is -2.31. The highest BCUT2D eigenvalue weighted by molar-refractivity contribution is 7.09. The van der Waals surface area contributed by atoms with E-state index in [4.69, 9.17) is 4.74 Å². The molecule has 4 N–H and O–H groups in total. The van der Waals surface area contributed by atoms with Crippen LogP contribution in [0.2, 0.25) is 0 Å². The molecule has 1 aromatic carbocycles. The molecule has 2 aromatic rings. The fourth-order valence-electron chi connectivity index (χ4n) is 6.66. The summed E-state index contributed by atoms with van der Waals surface area (Å²) in [6, 6.07) is 7.10. The summed E-state index contributed by atoms with van der Waals surface area (Å²) < 4.78 is 5.18. The second-order valence-corrected chi connectivity index (χ2v) is 15.1. The lowest BCUT2D eigenvalue weighted by Crippen LogP contribution is -2.59. The van der Waals surface area contributed by atoms with Crippen molar-refractivity contribution >= 4 is 41.1 Å². The molecule has 0 radical (unpaired) electrons. The van der Waals surface area contributed by atoms with E-state index in [2.05, 4.69) is 15.6 Å². The normalized spacial score (nSPS) is 18.0. The summed E-state index contributed by atoms with van der Waals surface area (Å²) in [6.45, 7) is 11.7. The van der Waals surface area contributed by atoms with Gasteiger partial charge < -0.3 is 30.5 Å². The van der Waals surface area contributed by atoms with Gasteiger partial charge in [0, 0.05) is 37.5 Å². The van der Waals surface area contributed by atoms with Gasteiger partial charge in [0.05, 0.1) is 12.5 Å². The number of carbonyl (C=O) groups excluding carboxylic acids is 4. The lowest BCUT2D eigenvalue weighted by atomic mass is 9.92. The second kappa shape index (κ2) is 20.3. The molecule has 6 unspecified atom stereocenters. The topological polar surface area (TPSA) is 178 Å². The zero-order valence-corrected chi connectivity index (χ0v) is 32.4. The number of nitrogens with zero attached hydrogens (tertiary/aromatic N) is 3. The van der Waals surface area contributed by atoms with E-state index in [0.29, 0.717) is 37.1 Å². The number of ether oxygens (including phenoxy) is 1. The van der Waals surface area contributed by atoms with Crippen LogP contribution in [-0.4, -0.2) is 99.1 Å². The van der Waals surface area contributed by atoms with Crippen molar-refractivity contribution in [3.05, 3.63) is 52.0 Å². The maximum Gasteiger partial charge on any atom is 0.407 e. The fourth-order valence-corrected chi connectivity index (χ4v) is 7.46. The number of nitrogens with one attached hydrogen (secondary N) is 2. The predicted molar refractivity (Wildman–Crippen MR) is 199 cm³/mol. The standard InChI is InChI=1S/C38H57N5O8S/c1-8-24(5)32(41-34(46)29-17-13-14-18-43(29)38(49)50)36(47)42(7)30(23(3)4)21-31(44)35-40-28(22-52-35)33(45)39-27(19-25(6)37(48)51-9-2)20-26-15-11-10-12-16-26/h10-12,15-16,22-25,27,29-32,44H,8-9,13-14,17-21H2,1-7H3,(H,39,45)(H,41,46)(H,49,50)/t24?,25?,27?,29-,30?,31?,32?/m1/s1. The number of aliphatic hydroxyl groups is 1. The van der Waals surface area contributed by atoms with Crippen LogP contribution < -0.4 is 10.6 Å². The molecule has 0 saturated carbocycles. The van der Waals surface area contributed by atoms with Gasteiger partial charge in [0.25, 0.3) is 5.91 Å². The number of carboxylic acid groups (broad SMARTS) is 1. The molecule has 0 aliphatic carbocycles. The van der Waals surface area contributed by atoms with Gasteiger partial charge in [-0.15, -0.1) is 11.3 Å². The van der Waals surface area contributed by atoms with Crippen molar-refractivity contribution < 1.29 is 38.9 Å². The highest BCUT2D eigenvalue weighted by atomic mass is 32.1. The predicted octanol–water partition coefficient (Wildman–Crippen LogP) is 5.04. The Morgan fingerprint density at radius 2 is 1.73 bits per heavy atom. The molecule has 0 spiro atoms. The van der Waals surface area contributed by atoms with E-state index in [-0.39, 0.29) is 55.0 Å². The molecule has 13 nitrogen and oxygen atoms in total. The van der Waals surface area contributed by atoms with Gasteiger partial charge >= 0.3 is 12.1 Å². The van der Waals surface area contributed by atoms with Crippen molar-refractivity contribution in [2.75, 3.05) is 20.2 Å². The summed E-state index contributed by atoms with van der Waals surface area (Å²) >= 11 is 1.15. The number of aromatic nitrogens is 1. The van der Waals surface area contributed by atoms with E-state index < -0.39 is 48.1 Å². The van der Waals surface area contributed by atoms with Crippen molar-refractivity contribution in [3.8, 4) is 0 Å². The first kappa shape index (κ1) is 42.4. The molecule has 14 heteroatoms. The number of benzene rings is 1. The molecular weight excluding hydrogens is 687 g/mol. The van der Waals surface area contributed by atoms with Crippen LogP contribution in [-0.2, 0) is 25.5 Å². The molecule has 1 aliphatic heterocycles. The van der Waals surface area contributed by atoms with Gasteiger partial charge in [0.15, 0.2) is 0 Å². The lowest BCUT2D eigenvalue weighted by Gasteiger charge is -2.38. The number of amides is 4. The van der Waals surface area contributed by atoms with Gasteiger partial charge in [-0.2, -0.15) is 0 Å². The van der Waals surface area contributed by atoms with E-state index in [9.17, 15) is 34.2 Å². The highest BCUT2D eigenvalue weighted by Crippen LogP contribution is 2.28. The Morgan fingerprint density at radius 3 is 2.35 bits per heavy atom. The third-order valence-electron chi connectivity index (χ3n) is 9.93. The maximum absolute atomic E-state index is 14.0. The number of carbonyl (C=O) groups is 5. The van der Waals surface area contributed by atoms with Crippen LogP contribution in [0, 0.1) is 17.8 Å². The first-order valence-corrected chi connectivity index (χ1v) is 19.3. The van der Waals surface area contributed by atoms with Crippen LogP contribution in [0.3, 0.4) is 0 Å². The van der Waals surface area contributed by atoms with E-state index in [1.54, 1.807) is 31.2 Å². The molecule has 0 bridgehead atoms. The average Bonchev–Trinajstić information content (AvgIpc) is 3.63. The molecule has 288 valence electrons. The van der Waals surface area contributed by atoms with Gasteiger partial charge in [0.2, 0.25) is 11.8 Å². The van der Waals surface area contributed by atoms with Gasteiger partial charge in [-0.25, -0.2) is 9.78 Å². The molecular formula is C38H57N5O8S.